The Kier molecular flexibility index (Phi) is 5.42. The zero-order valence-corrected chi connectivity index (χ0v) is 15.2. The van der Waals surface area contributed by atoms with Crippen LogP contribution in [0.4, 0.5) is 0 Å². The second kappa shape index (κ2) is 7.72. The number of aryl methyl sites for hydroxylation is 2. The molecule has 0 fully saturated rings. The highest BCUT2D eigenvalue weighted by Gasteiger charge is 2.12. The van der Waals surface area contributed by atoms with Crippen LogP contribution in [0.15, 0.2) is 40.9 Å². The van der Waals surface area contributed by atoms with E-state index in [1.165, 1.54) is 16.9 Å². The highest BCUT2D eigenvalue weighted by atomic mass is 32.2. The van der Waals surface area contributed by atoms with Gasteiger partial charge in [-0.3, -0.25) is 4.79 Å². The first kappa shape index (κ1) is 16.9. The van der Waals surface area contributed by atoms with Crippen LogP contribution in [0.1, 0.15) is 33.6 Å². The highest BCUT2D eigenvalue weighted by molar-refractivity contribution is 7.99. The number of nitrogens with zero attached hydrogens (tertiary/aromatic N) is 4. The van der Waals surface area contributed by atoms with E-state index in [4.69, 9.17) is 0 Å². The average Bonchev–Trinajstić information content (AvgIpc) is 3.25. The fraction of sp³-hybridized carbons (Fsp3) is 0.294. The number of carbonyl (C=O) groups is 1. The smallest absolute Gasteiger partial charge is 0.214 e. The summed E-state index contributed by atoms with van der Waals surface area (Å²) < 4.78 is 1.77. The van der Waals surface area contributed by atoms with Crippen LogP contribution in [-0.4, -0.2) is 31.7 Å². The van der Waals surface area contributed by atoms with Crippen molar-refractivity contribution in [2.45, 2.75) is 31.8 Å². The molecular weight excluding hydrogens is 340 g/mol. The van der Waals surface area contributed by atoms with Crippen molar-refractivity contribution in [1.29, 1.82) is 0 Å². The summed E-state index contributed by atoms with van der Waals surface area (Å²) in [6, 6.07) is 10.0. The summed E-state index contributed by atoms with van der Waals surface area (Å²) >= 11 is 3.08. The molecule has 0 amide bonds. The molecule has 0 aliphatic carbocycles. The van der Waals surface area contributed by atoms with Crippen LogP contribution < -0.4 is 0 Å². The minimum Gasteiger partial charge on any atom is -0.293 e. The van der Waals surface area contributed by atoms with E-state index < -0.39 is 0 Å². The quantitative estimate of drug-likeness (QED) is 0.361. The lowest BCUT2D eigenvalue weighted by Gasteiger charge is -2.08. The van der Waals surface area contributed by atoms with Gasteiger partial charge in [0.05, 0.1) is 10.6 Å². The molecule has 0 aliphatic heterocycles. The van der Waals surface area contributed by atoms with Gasteiger partial charge >= 0.3 is 0 Å². The Hall–Kier alpha value is -1.99. The molecule has 0 aliphatic rings. The molecule has 2 aromatic heterocycles. The maximum absolute atomic E-state index is 12.0. The van der Waals surface area contributed by atoms with Gasteiger partial charge in [-0.1, -0.05) is 30.0 Å². The van der Waals surface area contributed by atoms with Gasteiger partial charge in [0, 0.05) is 12.2 Å². The van der Waals surface area contributed by atoms with Crippen molar-refractivity contribution >= 4 is 28.9 Å². The van der Waals surface area contributed by atoms with E-state index in [-0.39, 0.29) is 5.78 Å². The summed E-state index contributed by atoms with van der Waals surface area (Å²) in [6.07, 6.45) is 1.36. The SMILES string of the molecule is Cc1ccc(C)c(-n2nnnc2SCCCC(=O)c2cccs2)c1. The largest absolute Gasteiger partial charge is 0.293 e. The summed E-state index contributed by atoms with van der Waals surface area (Å²) in [6.45, 7) is 4.10. The number of hydrogen-bond donors (Lipinski definition) is 0. The molecule has 1 aromatic carbocycles. The zero-order valence-electron chi connectivity index (χ0n) is 13.6. The van der Waals surface area contributed by atoms with Crippen LogP contribution in [0.2, 0.25) is 0 Å². The second-order valence-corrected chi connectivity index (χ2v) is 7.53. The predicted octanol–water partition coefficient (Wildman–Crippen LogP) is 4.10. The number of rotatable bonds is 7. The molecule has 2 heterocycles. The number of carbonyl (C=O) groups excluding carboxylic acids is 1. The molecular formula is C17H18N4OS2. The summed E-state index contributed by atoms with van der Waals surface area (Å²) in [4.78, 5) is 12.8. The Morgan fingerprint density at radius 2 is 2.17 bits per heavy atom. The number of Topliss-reactive ketones (excluding diaryl/α,β-unsaturated/α-hetero) is 1. The maximum Gasteiger partial charge on any atom is 0.214 e. The number of tetrazole rings is 1. The third-order valence-corrected chi connectivity index (χ3v) is 5.53. The van der Waals surface area contributed by atoms with E-state index in [9.17, 15) is 4.79 Å². The van der Waals surface area contributed by atoms with Crippen LogP contribution >= 0.6 is 23.1 Å². The maximum atomic E-state index is 12.0. The van der Waals surface area contributed by atoms with Gasteiger partial charge in [-0.05, 0) is 59.3 Å². The van der Waals surface area contributed by atoms with Crippen LogP contribution in [-0.2, 0) is 0 Å². The lowest BCUT2D eigenvalue weighted by molar-refractivity contribution is 0.0986. The zero-order chi connectivity index (χ0) is 16.9. The molecule has 0 atom stereocenters. The highest BCUT2D eigenvalue weighted by Crippen LogP contribution is 2.23. The van der Waals surface area contributed by atoms with E-state index in [0.29, 0.717) is 6.42 Å². The Morgan fingerprint density at radius 1 is 1.29 bits per heavy atom. The lowest BCUT2D eigenvalue weighted by atomic mass is 10.1. The molecule has 0 unspecified atom stereocenters. The Morgan fingerprint density at radius 3 is 2.96 bits per heavy atom. The third-order valence-electron chi connectivity index (χ3n) is 3.61. The molecule has 124 valence electrons. The minimum absolute atomic E-state index is 0.208. The molecule has 5 nitrogen and oxygen atoms in total. The first-order valence-electron chi connectivity index (χ1n) is 7.70. The second-order valence-electron chi connectivity index (χ2n) is 5.52. The van der Waals surface area contributed by atoms with Crippen molar-refractivity contribution in [2.75, 3.05) is 5.75 Å². The molecule has 0 saturated heterocycles. The van der Waals surface area contributed by atoms with Gasteiger partial charge in [0.25, 0.3) is 0 Å². The van der Waals surface area contributed by atoms with Crippen molar-refractivity contribution in [3.05, 3.63) is 51.7 Å². The molecule has 3 aromatic rings. The van der Waals surface area contributed by atoms with E-state index in [2.05, 4.69) is 40.6 Å². The number of ketones is 1. The van der Waals surface area contributed by atoms with Crippen LogP contribution in [0.5, 0.6) is 0 Å². The fourth-order valence-electron chi connectivity index (χ4n) is 2.32. The number of thiophene rings is 1. The van der Waals surface area contributed by atoms with Gasteiger partial charge in [0.2, 0.25) is 5.16 Å². The van der Waals surface area contributed by atoms with Gasteiger partial charge in [0.15, 0.2) is 5.78 Å². The van der Waals surface area contributed by atoms with Gasteiger partial charge in [-0.25, -0.2) is 0 Å². The van der Waals surface area contributed by atoms with E-state index >= 15 is 0 Å². The molecule has 0 radical (unpaired) electrons. The molecule has 0 bridgehead atoms. The van der Waals surface area contributed by atoms with Gasteiger partial charge in [-0.15, -0.1) is 16.4 Å². The molecule has 0 saturated carbocycles. The summed E-state index contributed by atoms with van der Waals surface area (Å²) in [5.41, 5.74) is 3.29. The number of hydrogen-bond acceptors (Lipinski definition) is 6. The standard InChI is InChI=1S/C17H18N4OS2/c1-12-7-8-13(2)14(11-12)21-17(18-19-20-21)24-10-3-5-15(22)16-6-4-9-23-16/h4,6-9,11H,3,5,10H2,1-2H3. The van der Waals surface area contributed by atoms with E-state index in [1.807, 2.05) is 24.4 Å². The predicted molar refractivity (Wildman–Crippen MR) is 97.2 cm³/mol. The molecule has 0 spiro atoms. The van der Waals surface area contributed by atoms with E-state index in [0.717, 1.165) is 33.5 Å². The Bertz CT molecular complexity index is 827. The third kappa shape index (κ3) is 3.91. The number of benzene rings is 1. The number of aromatic nitrogens is 4. The van der Waals surface area contributed by atoms with Crippen molar-refractivity contribution < 1.29 is 4.79 Å². The molecule has 3 rings (SSSR count). The molecule has 24 heavy (non-hydrogen) atoms. The molecule has 0 N–H and O–H groups in total. The van der Waals surface area contributed by atoms with Gasteiger partial charge in [0.1, 0.15) is 0 Å². The van der Waals surface area contributed by atoms with E-state index in [1.54, 1.807) is 16.4 Å². The summed E-state index contributed by atoms with van der Waals surface area (Å²) in [5, 5.41) is 14.7. The summed E-state index contributed by atoms with van der Waals surface area (Å²) in [5.74, 6) is 1.02. The summed E-state index contributed by atoms with van der Waals surface area (Å²) in [7, 11) is 0. The molecule has 7 heteroatoms. The van der Waals surface area contributed by atoms with Crippen molar-refractivity contribution in [3.63, 3.8) is 0 Å². The minimum atomic E-state index is 0.208. The van der Waals surface area contributed by atoms with Crippen molar-refractivity contribution in [3.8, 4) is 5.69 Å². The number of thioether (sulfide) groups is 1. The van der Waals surface area contributed by atoms with Crippen LogP contribution in [0.25, 0.3) is 5.69 Å². The van der Waals surface area contributed by atoms with Crippen molar-refractivity contribution in [2.24, 2.45) is 0 Å². The Balaban J connectivity index is 1.60. The Labute approximate surface area is 149 Å². The normalized spacial score (nSPS) is 10.9. The van der Waals surface area contributed by atoms with Gasteiger partial charge in [-0.2, -0.15) is 4.68 Å². The first-order chi connectivity index (χ1) is 11.6. The fourth-order valence-corrected chi connectivity index (χ4v) is 3.84. The van der Waals surface area contributed by atoms with Crippen molar-refractivity contribution in [1.82, 2.24) is 20.2 Å². The first-order valence-corrected chi connectivity index (χ1v) is 9.57. The van der Waals surface area contributed by atoms with Crippen LogP contribution in [0, 0.1) is 13.8 Å². The van der Waals surface area contributed by atoms with Gasteiger partial charge < -0.3 is 0 Å². The lowest BCUT2D eigenvalue weighted by Crippen LogP contribution is -2.03. The monoisotopic (exact) mass is 358 g/mol. The van der Waals surface area contributed by atoms with Crippen LogP contribution in [0.3, 0.4) is 0 Å². The average molecular weight is 358 g/mol. The topological polar surface area (TPSA) is 60.7 Å².